The van der Waals surface area contributed by atoms with E-state index >= 15 is 0 Å². The van der Waals surface area contributed by atoms with Gasteiger partial charge in [0.05, 0.1) is 24.6 Å². The van der Waals surface area contributed by atoms with Gasteiger partial charge in [-0.25, -0.2) is 0 Å². The van der Waals surface area contributed by atoms with Gasteiger partial charge < -0.3 is 14.8 Å². The summed E-state index contributed by atoms with van der Waals surface area (Å²) in [6, 6.07) is 16.7. The van der Waals surface area contributed by atoms with Gasteiger partial charge in [-0.2, -0.15) is 0 Å². The lowest BCUT2D eigenvalue weighted by molar-refractivity contribution is 0.224. The first-order valence-corrected chi connectivity index (χ1v) is 8.72. The molecule has 1 atom stereocenters. The molecule has 1 heterocycles. The molecule has 0 bridgehead atoms. The van der Waals surface area contributed by atoms with E-state index in [4.69, 9.17) is 4.74 Å². The van der Waals surface area contributed by atoms with Crippen LogP contribution in [-0.2, 0) is 6.42 Å². The van der Waals surface area contributed by atoms with Crippen molar-refractivity contribution in [3.63, 3.8) is 0 Å². The lowest BCUT2D eigenvalue weighted by Gasteiger charge is -2.39. The minimum atomic E-state index is 0.0982. The molecule has 0 radical (unpaired) electrons. The lowest BCUT2D eigenvalue weighted by atomic mass is 10.1. The quantitative estimate of drug-likeness (QED) is 0.691. The highest BCUT2D eigenvalue weighted by Gasteiger charge is 2.35. The molecule has 5 heteroatoms. The van der Waals surface area contributed by atoms with Crippen molar-refractivity contribution in [3.05, 3.63) is 59.7 Å². The summed E-state index contributed by atoms with van der Waals surface area (Å²) < 4.78 is 5.50. The number of hydrogen-bond donors (Lipinski definition) is 1. The Morgan fingerprint density at radius 3 is 2.48 bits per heavy atom. The second-order valence-electron chi connectivity index (χ2n) is 6.56. The predicted octanol–water partition coefficient (Wildman–Crippen LogP) is 2.94. The van der Waals surface area contributed by atoms with Crippen molar-refractivity contribution < 1.29 is 9.94 Å². The monoisotopic (exact) mass is 337 g/mol. The minimum absolute atomic E-state index is 0.0982. The van der Waals surface area contributed by atoms with Crippen molar-refractivity contribution in [2.24, 2.45) is 5.16 Å². The number of anilines is 1. The second kappa shape index (κ2) is 6.76. The normalized spacial score (nSPS) is 22.2. The molecule has 2 aromatic rings. The third-order valence-electron chi connectivity index (χ3n) is 5.27. The first-order valence-electron chi connectivity index (χ1n) is 8.72. The number of ether oxygens (including phenoxy) is 1. The van der Waals surface area contributed by atoms with Crippen molar-refractivity contribution in [3.8, 4) is 5.75 Å². The molecule has 25 heavy (non-hydrogen) atoms. The van der Waals surface area contributed by atoms with E-state index in [9.17, 15) is 5.21 Å². The Kier molecular flexibility index (Phi) is 4.32. The Labute approximate surface area is 148 Å². The van der Waals surface area contributed by atoms with Crippen molar-refractivity contribution >= 4 is 11.4 Å². The van der Waals surface area contributed by atoms with E-state index in [1.54, 1.807) is 7.11 Å². The molecular weight excluding hydrogens is 314 g/mol. The molecule has 0 unspecified atom stereocenters. The van der Waals surface area contributed by atoms with E-state index in [0.29, 0.717) is 0 Å². The molecule has 4 rings (SSSR count). The number of rotatable bonds is 3. The maximum absolute atomic E-state index is 9.47. The van der Waals surface area contributed by atoms with Gasteiger partial charge in [0.15, 0.2) is 0 Å². The number of piperazine rings is 1. The number of oxime groups is 1. The molecule has 0 aromatic heterocycles. The molecule has 1 aliphatic carbocycles. The lowest BCUT2D eigenvalue weighted by Crippen LogP contribution is -2.48. The van der Waals surface area contributed by atoms with E-state index in [1.807, 2.05) is 18.2 Å². The molecule has 2 aliphatic rings. The third-order valence-corrected chi connectivity index (χ3v) is 5.27. The first-order chi connectivity index (χ1) is 12.3. The van der Waals surface area contributed by atoms with Crippen LogP contribution in [0.5, 0.6) is 5.75 Å². The van der Waals surface area contributed by atoms with Crippen LogP contribution < -0.4 is 9.64 Å². The molecule has 0 spiro atoms. The fourth-order valence-electron chi connectivity index (χ4n) is 4.04. The standard InChI is InChI=1S/C20H23N3O2/c1-25-19-9-5-4-8-18(19)22-10-12-23(13-11-22)20-16-7-3-2-6-15(16)14-17(20)21-24/h2-9,20,24H,10-14H2,1H3/b21-17-/t20-/m1/s1. The number of fused-ring (bicyclic) bond motifs is 1. The Morgan fingerprint density at radius 2 is 1.72 bits per heavy atom. The van der Waals surface area contributed by atoms with Gasteiger partial charge in [-0.3, -0.25) is 4.90 Å². The SMILES string of the molecule is COc1ccccc1N1CCN([C@H]2/C(=N\O)Cc3ccccc32)CC1. The van der Waals surface area contributed by atoms with Crippen LogP contribution in [0.15, 0.2) is 53.7 Å². The topological polar surface area (TPSA) is 48.3 Å². The van der Waals surface area contributed by atoms with E-state index in [0.717, 1.165) is 49.7 Å². The van der Waals surface area contributed by atoms with Crippen LogP contribution in [0.1, 0.15) is 17.2 Å². The maximum atomic E-state index is 9.47. The summed E-state index contributed by atoms with van der Waals surface area (Å²) in [6.45, 7) is 3.71. The van der Waals surface area contributed by atoms with Crippen LogP contribution in [0.2, 0.25) is 0 Å². The van der Waals surface area contributed by atoms with Crippen molar-refractivity contribution in [1.82, 2.24) is 4.90 Å². The van der Waals surface area contributed by atoms with Crippen LogP contribution in [-0.4, -0.2) is 49.1 Å². The first kappa shape index (κ1) is 16.0. The molecule has 1 aliphatic heterocycles. The van der Waals surface area contributed by atoms with Crippen LogP contribution in [0.4, 0.5) is 5.69 Å². The number of methoxy groups -OCH3 is 1. The molecular formula is C20H23N3O2. The van der Waals surface area contributed by atoms with Gasteiger partial charge in [0.2, 0.25) is 0 Å². The van der Waals surface area contributed by atoms with Crippen molar-refractivity contribution in [1.29, 1.82) is 0 Å². The zero-order valence-corrected chi connectivity index (χ0v) is 14.4. The largest absolute Gasteiger partial charge is 0.495 e. The highest BCUT2D eigenvalue weighted by Crippen LogP contribution is 2.35. The smallest absolute Gasteiger partial charge is 0.142 e. The number of para-hydroxylation sites is 2. The third kappa shape index (κ3) is 2.85. The average Bonchev–Trinajstić information content (AvgIpc) is 3.06. The highest BCUT2D eigenvalue weighted by atomic mass is 16.5. The number of benzene rings is 2. The molecule has 1 fully saturated rings. The second-order valence-corrected chi connectivity index (χ2v) is 6.56. The number of nitrogens with zero attached hydrogens (tertiary/aromatic N) is 3. The molecule has 0 amide bonds. The summed E-state index contributed by atoms with van der Waals surface area (Å²) in [7, 11) is 1.72. The van der Waals surface area contributed by atoms with Gasteiger partial charge >= 0.3 is 0 Å². The van der Waals surface area contributed by atoms with Crippen molar-refractivity contribution in [2.45, 2.75) is 12.5 Å². The summed E-state index contributed by atoms with van der Waals surface area (Å²) in [5, 5.41) is 13.1. The zero-order chi connectivity index (χ0) is 17.2. The molecule has 5 nitrogen and oxygen atoms in total. The van der Waals surface area contributed by atoms with Crippen LogP contribution in [0, 0.1) is 0 Å². The Bertz CT molecular complexity index is 782. The molecule has 0 saturated carbocycles. The number of hydrogen-bond acceptors (Lipinski definition) is 5. The van der Waals surface area contributed by atoms with Crippen LogP contribution >= 0.6 is 0 Å². The molecule has 1 saturated heterocycles. The predicted molar refractivity (Wildman–Crippen MR) is 98.9 cm³/mol. The molecule has 130 valence electrons. The fraction of sp³-hybridized carbons (Fsp3) is 0.350. The van der Waals surface area contributed by atoms with Gasteiger partial charge in [-0.05, 0) is 23.3 Å². The Balaban J connectivity index is 1.52. The molecule has 1 N–H and O–H groups in total. The fourth-order valence-corrected chi connectivity index (χ4v) is 4.04. The van der Waals surface area contributed by atoms with Gasteiger partial charge in [-0.15, -0.1) is 0 Å². The van der Waals surface area contributed by atoms with Crippen LogP contribution in [0.25, 0.3) is 0 Å². The minimum Gasteiger partial charge on any atom is -0.495 e. The van der Waals surface area contributed by atoms with Gasteiger partial charge in [0.1, 0.15) is 5.75 Å². The van der Waals surface area contributed by atoms with E-state index in [1.165, 1.54) is 11.1 Å². The molecule has 2 aromatic carbocycles. The Morgan fingerprint density at radius 1 is 1.00 bits per heavy atom. The average molecular weight is 337 g/mol. The summed E-state index contributed by atoms with van der Waals surface area (Å²) in [4.78, 5) is 4.79. The van der Waals surface area contributed by atoms with E-state index in [2.05, 4.69) is 45.3 Å². The summed E-state index contributed by atoms with van der Waals surface area (Å²) in [5.41, 5.74) is 4.55. The van der Waals surface area contributed by atoms with Crippen LogP contribution in [0.3, 0.4) is 0 Å². The van der Waals surface area contributed by atoms with E-state index < -0.39 is 0 Å². The summed E-state index contributed by atoms with van der Waals surface area (Å²) in [6.07, 6.45) is 0.740. The maximum Gasteiger partial charge on any atom is 0.142 e. The van der Waals surface area contributed by atoms with Gasteiger partial charge in [-0.1, -0.05) is 41.6 Å². The Hall–Kier alpha value is -2.53. The van der Waals surface area contributed by atoms with Crippen molar-refractivity contribution in [2.75, 3.05) is 38.2 Å². The zero-order valence-electron chi connectivity index (χ0n) is 14.4. The van der Waals surface area contributed by atoms with Gasteiger partial charge in [0.25, 0.3) is 0 Å². The summed E-state index contributed by atoms with van der Waals surface area (Å²) >= 11 is 0. The van der Waals surface area contributed by atoms with Gasteiger partial charge in [0, 0.05) is 32.6 Å². The summed E-state index contributed by atoms with van der Waals surface area (Å²) in [5.74, 6) is 0.916. The van der Waals surface area contributed by atoms with E-state index in [-0.39, 0.29) is 6.04 Å². The highest BCUT2D eigenvalue weighted by molar-refractivity contribution is 5.96.